The lowest BCUT2D eigenvalue weighted by Crippen LogP contribution is -2.47. The van der Waals surface area contributed by atoms with Crippen molar-refractivity contribution < 1.29 is 9.13 Å². The molecule has 18 heavy (non-hydrogen) atoms. The highest BCUT2D eigenvalue weighted by Crippen LogP contribution is 2.22. The molecule has 0 aliphatic carbocycles. The van der Waals surface area contributed by atoms with Crippen LogP contribution >= 0.6 is 0 Å². The van der Waals surface area contributed by atoms with Gasteiger partial charge in [-0.15, -0.1) is 0 Å². The third-order valence-corrected chi connectivity index (χ3v) is 3.31. The first kappa shape index (κ1) is 13.5. The van der Waals surface area contributed by atoms with Crippen LogP contribution in [0.2, 0.25) is 0 Å². The van der Waals surface area contributed by atoms with E-state index in [1.54, 1.807) is 12.1 Å². The van der Waals surface area contributed by atoms with Crippen LogP contribution in [0.15, 0.2) is 24.3 Å². The molecule has 0 amide bonds. The maximum absolute atomic E-state index is 13.3. The van der Waals surface area contributed by atoms with E-state index in [0.29, 0.717) is 0 Å². The third-order valence-electron chi connectivity index (χ3n) is 3.31. The first-order chi connectivity index (χ1) is 8.81. The van der Waals surface area contributed by atoms with Crippen molar-refractivity contribution in [3.63, 3.8) is 0 Å². The van der Waals surface area contributed by atoms with Crippen molar-refractivity contribution in [2.24, 2.45) is 0 Å². The molecule has 1 aromatic rings. The minimum absolute atomic E-state index is 0.164. The Balaban J connectivity index is 2.03. The van der Waals surface area contributed by atoms with Gasteiger partial charge in [0.15, 0.2) is 0 Å². The van der Waals surface area contributed by atoms with Crippen LogP contribution in [-0.2, 0) is 4.74 Å². The molecular weight excluding hydrogens is 231 g/mol. The van der Waals surface area contributed by atoms with Crippen molar-refractivity contribution in [1.29, 1.82) is 0 Å². The normalized spacial score (nSPS) is 21.1. The van der Waals surface area contributed by atoms with E-state index in [2.05, 4.69) is 10.2 Å². The Hall–Kier alpha value is -0.970. The zero-order valence-corrected chi connectivity index (χ0v) is 10.9. The minimum Gasteiger partial charge on any atom is -0.380 e. The van der Waals surface area contributed by atoms with Crippen LogP contribution in [0.25, 0.3) is 0 Å². The molecule has 0 aromatic heterocycles. The summed E-state index contributed by atoms with van der Waals surface area (Å²) in [6.07, 6.45) is 0. The van der Waals surface area contributed by atoms with Crippen molar-refractivity contribution in [2.45, 2.75) is 13.0 Å². The maximum Gasteiger partial charge on any atom is 0.123 e. The highest BCUT2D eigenvalue weighted by Gasteiger charge is 2.23. The van der Waals surface area contributed by atoms with Gasteiger partial charge in [0.25, 0.3) is 0 Å². The molecule has 4 heteroatoms. The minimum atomic E-state index is -0.164. The average Bonchev–Trinajstić information content (AvgIpc) is 2.40. The summed E-state index contributed by atoms with van der Waals surface area (Å²) in [5, 5.41) is 3.37. The number of nitrogens with zero attached hydrogens (tertiary/aromatic N) is 1. The Labute approximate surface area is 108 Å². The second-order valence-electron chi connectivity index (χ2n) is 4.51. The van der Waals surface area contributed by atoms with Crippen molar-refractivity contribution in [2.75, 3.05) is 39.4 Å². The topological polar surface area (TPSA) is 24.5 Å². The lowest BCUT2D eigenvalue weighted by Gasteiger charge is -2.36. The Morgan fingerprint density at radius 2 is 2.39 bits per heavy atom. The van der Waals surface area contributed by atoms with Crippen molar-refractivity contribution in [3.8, 4) is 0 Å². The van der Waals surface area contributed by atoms with Gasteiger partial charge in [-0.1, -0.05) is 12.1 Å². The van der Waals surface area contributed by atoms with Crippen LogP contribution < -0.4 is 5.32 Å². The molecule has 1 N–H and O–H groups in total. The zero-order valence-electron chi connectivity index (χ0n) is 10.9. The van der Waals surface area contributed by atoms with Gasteiger partial charge in [0.2, 0.25) is 0 Å². The summed E-state index contributed by atoms with van der Waals surface area (Å²) in [6, 6.07) is 7.14. The van der Waals surface area contributed by atoms with E-state index in [4.69, 9.17) is 4.74 Å². The number of hydrogen-bond acceptors (Lipinski definition) is 3. The summed E-state index contributed by atoms with van der Waals surface area (Å²) >= 11 is 0. The molecule has 2 rings (SSSR count). The first-order valence-electron chi connectivity index (χ1n) is 6.59. The van der Waals surface area contributed by atoms with Crippen LogP contribution in [0.4, 0.5) is 4.39 Å². The van der Waals surface area contributed by atoms with Gasteiger partial charge in [0.05, 0.1) is 6.61 Å². The SMILES string of the molecule is CCOCCN1CCNCC1c1cccc(F)c1. The molecule has 0 bridgehead atoms. The van der Waals surface area contributed by atoms with E-state index >= 15 is 0 Å². The first-order valence-corrected chi connectivity index (χ1v) is 6.59. The summed E-state index contributed by atoms with van der Waals surface area (Å²) in [6.45, 7) is 7.22. The molecule has 3 nitrogen and oxygen atoms in total. The average molecular weight is 252 g/mol. The van der Waals surface area contributed by atoms with Gasteiger partial charge < -0.3 is 10.1 Å². The van der Waals surface area contributed by atoms with Gasteiger partial charge in [-0.25, -0.2) is 4.39 Å². The van der Waals surface area contributed by atoms with Crippen molar-refractivity contribution in [1.82, 2.24) is 10.2 Å². The smallest absolute Gasteiger partial charge is 0.123 e. The molecule has 1 heterocycles. The predicted octanol–water partition coefficient (Wildman–Crippen LogP) is 1.81. The summed E-state index contributed by atoms with van der Waals surface area (Å²) in [5.41, 5.74) is 1.04. The zero-order chi connectivity index (χ0) is 12.8. The molecule has 1 fully saturated rings. The largest absolute Gasteiger partial charge is 0.380 e. The lowest BCUT2D eigenvalue weighted by atomic mass is 10.0. The van der Waals surface area contributed by atoms with Crippen LogP contribution in [-0.4, -0.2) is 44.3 Å². The molecule has 1 aliphatic rings. The highest BCUT2D eigenvalue weighted by atomic mass is 19.1. The van der Waals surface area contributed by atoms with Gasteiger partial charge in [0, 0.05) is 38.8 Å². The number of benzene rings is 1. The Morgan fingerprint density at radius 1 is 1.50 bits per heavy atom. The number of hydrogen-bond donors (Lipinski definition) is 1. The Bertz CT molecular complexity index is 373. The van der Waals surface area contributed by atoms with Gasteiger partial charge in [-0.05, 0) is 24.6 Å². The molecule has 1 unspecified atom stereocenters. The number of rotatable bonds is 5. The molecule has 0 radical (unpaired) electrons. The quantitative estimate of drug-likeness (QED) is 0.809. The Morgan fingerprint density at radius 3 is 3.17 bits per heavy atom. The van der Waals surface area contributed by atoms with E-state index in [0.717, 1.165) is 45.0 Å². The number of nitrogens with one attached hydrogen (secondary N) is 1. The van der Waals surface area contributed by atoms with Crippen molar-refractivity contribution >= 4 is 0 Å². The predicted molar refractivity (Wildman–Crippen MR) is 70.1 cm³/mol. The molecule has 0 spiro atoms. The van der Waals surface area contributed by atoms with Gasteiger partial charge in [-0.3, -0.25) is 4.90 Å². The molecular formula is C14H21FN2O. The van der Waals surface area contributed by atoms with E-state index in [1.807, 2.05) is 13.0 Å². The summed E-state index contributed by atoms with van der Waals surface area (Å²) < 4.78 is 18.7. The van der Waals surface area contributed by atoms with E-state index in [1.165, 1.54) is 6.07 Å². The van der Waals surface area contributed by atoms with E-state index < -0.39 is 0 Å². The van der Waals surface area contributed by atoms with Gasteiger partial charge in [-0.2, -0.15) is 0 Å². The van der Waals surface area contributed by atoms with Gasteiger partial charge >= 0.3 is 0 Å². The second kappa shape index (κ2) is 6.83. The summed E-state index contributed by atoms with van der Waals surface area (Å²) in [4.78, 5) is 2.36. The molecule has 1 saturated heterocycles. The third kappa shape index (κ3) is 3.51. The van der Waals surface area contributed by atoms with Gasteiger partial charge in [0.1, 0.15) is 5.82 Å². The maximum atomic E-state index is 13.3. The van der Waals surface area contributed by atoms with Crippen LogP contribution in [0.5, 0.6) is 0 Å². The molecule has 1 aliphatic heterocycles. The summed E-state index contributed by atoms with van der Waals surface area (Å²) in [5.74, 6) is -0.164. The molecule has 1 aromatic carbocycles. The number of halogens is 1. The molecule has 0 saturated carbocycles. The highest BCUT2D eigenvalue weighted by molar-refractivity contribution is 5.21. The number of piperazine rings is 1. The fourth-order valence-electron chi connectivity index (χ4n) is 2.38. The standard InChI is InChI=1S/C14H21FN2O/c1-2-18-9-8-17-7-6-16-11-14(17)12-4-3-5-13(15)10-12/h3-5,10,14,16H,2,6-9,11H2,1H3. The Kier molecular flexibility index (Phi) is 5.11. The van der Waals surface area contributed by atoms with Crippen LogP contribution in [0.3, 0.4) is 0 Å². The van der Waals surface area contributed by atoms with E-state index in [-0.39, 0.29) is 11.9 Å². The number of ether oxygens (including phenoxy) is 1. The molecule has 100 valence electrons. The fraction of sp³-hybridized carbons (Fsp3) is 0.571. The molecule has 1 atom stereocenters. The summed E-state index contributed by atoms with van der Waals surface area (Å²) in [7, 11) is 0. The van der Waals surface area contributed by atoms with Crippen molar-refractivity contribution in [3.05, 3.63) is 35.6 Å². The second-order valence-corrected chi connectivity index (χ2v) is 4.51. The lowest BCUT2D eigenvalue weighted by molar-refractivity contribution is 0.0828. The van der Waals surface area contributed by atoms with E-state index in [9.17, 15) is 4.39 Å². The van der Waals surface area contributed by atoms with Crippen LogP contribution in [0.1, 0.15) is 18.5 Å². The monoisotopic (exact) mass is 252 g/mol. The van der Waals surface area contributed by atoms with Crippen LogP contribution in [0, 0.1) is 5.82 Å². The fourth-order valence-corrected chi connectivity index (χ4v) is 2.38.